The van der Waals surface area contributed by atoms with Gasteiger partial charge in [-0.1, -0.05) is 12.5 Å². The van der Waals surface area contributed by atoms with Gasteiger partial charge in [-0.3, -0.25) is 4.79 Å². The molecule has 2 aliphatic carbocycles. The zero-order valence-electron chi connectivity index (χ0n) is 13.5. The summed E-state index contributed by atoms with van der Waals surface area (Å²) in [6.07, 6.45) is 7.15. The van der Waals surface area contributed by atoms with E-state index in [1.165, 1.54) is 17.7 Å². The van der Waals surface area contributed by atoms with Crippen molar-refractivity contribution in [2.45, 2.75) is 32.6 Å². The van der Waals surface area contributed by atoms with E-state index >= 15 is 0 Å². The molecule has 4 nitrogen and oxygen atoms in total. The Bertz CT molecular complexity index is 838. The minimum absolute atomic E-state index is 0.276. The van der Waals surface area contributed by atoms with Crippen LogP contribution in [0.1, 0.15) is 37.4 Å². The maximum absolute atomic E-state index is 13.2. The van der Waals surface area contributed by atoms with Crippen LogP contribution in [-0.4, -0.2) is 20.9 Å². The lowest BCUT2D eigenvalue weighted by Crippen LogP contribution is -2.41. The highest BCUT2D eigenvalue weighted by Gasteiger charge is 2.46. The molecule has 0 saturated heterocycles. The SMILES string of the molecule is CC12Cc3cnn(-c4ccc(F)cc4)c3C=C1CCCC2C(=O)O. The number of hydrogen-bond acceptors (Lipinski definition) is 2. The van der Waals surface area contributed by atoms with E-state index < -0.39 is 5.97 Å². The molecule has 1 heterocycles. The number of halogens is 1. The quantitative estimate of drug-likeness (QED) is 0.912. The summed E-state index contributed by atoms with van der Waals surface area (Å²) in [6, 6.07) is 6.25. The Labute approximate surface area is 139 Å². The summed E-state index contributed by atoms with van der Waals surface area (Å²) < 4.78 is 15.0. The van der Waals surface area contributed by atoms with Crippen LogP contribution in [0.5, 0.6) is 0 Å². The summed E-state index contributed by atoms with van der Waals surface area (Å²) in [4.78, 5) is 11.7. The number of allylic oxidation sites excluding steroid dienone is 1. The molecule has 1 fully saturated rings. The summed E-state index contributed by atoms with van der Waals surface area (Å²) >= 11 is 0. The number of carbonyl (C=O) groups is 1. The Balaban J connectivity index is 1.79. The fourth-order valence-corrected chi connectivity index (χ4v) is 4.22. The van der Waals surface area contributed by atoms with Crippen LogP contribution in [0.25, 0.3) is 11.8 Å². The summed E-state index contributed by atoms with van der Waals surface area (Å²) in [7, 11) is 0. The molecular formula is C19H19FN2O2. The maximum Gasteiger partial charge on any atom is 0.307 e. The summed E-state index contributed by atoms with van der Waals surface area (Å²) in [6.45, 7) is 2.06. The molecule has 2 unspecified atom stereocenters. The minimum atomic E-state index is -0.711. The fraction of sp³-hybridized carbons (Fsp3) is 0.368. The first kappa shape index (κ1) is 15.1. The van der Waals surface area contributed by atoms with Gasteiger partial charge in [0.25, 0.3) is 0 Å². The van der Waals surface area contributed by atoms with E-state index in [1.807, 2.05) is 10.9 Å². The van der Waals surface area contributed by atoms with Gasteiger partial charge in [0.1, 0.15) is 5.82 Å². The van der Waals surface area contributed by atoms with Crippen LogP contribution in [0.15, 0.2) is 36.0 Å². The Kier molecular flexibility index (Phi) is 3.34. The van der Waals surface area contributed by atoms with Gasteiger partial charge in [0.15, 0.2) is 0 Å². The van der Waals surface area contributed by atoms with E-state index in [1.54, 1.807) is 12.1 Å². The third-order valence-electron chi connectivity index (χ3n) is 5.57. The third kappa shape index (κ3) is 2.19. The van der Waals surface area contributed by atoms with Gasteiger partial charge in [-0.25, -0.2) is 9.07 Å². The van der Waals surface area contributed by atoms with E-state index in [0.717, 1.165) is 36.2 Å². The van der Waals surface area contributed by atoms with Crippen molar-refractivity contribution in [2.75, 3.05) is 0 Å². The van der Waals surface area contributed by atoms with E-state index in [4.69, 9.17) is 0 Å². The number of carboxylic acids is 1. The minimum Gasteiger partial charge on any atom is -0.481 e. The second kappa shape index (κ2) is 5.30. The lowest BCUT2D eigenvalue weighted by atomic mass is 9.60. The molecule has 2 aliphatic rings. The van der Waals surface area contributed by atoms with Gasteiger partial charge in [0.2, 0.25) is 0 Å². The number of rotatable bonds is 2. The number of hydrogen-bond donors (Lipinski definition) is 1. The zero-order chi connectivity index (χ0) is 16.9. The van der Waals surface area contributed by atoms with Gasteiger partial charge < -0.3 is 5.11 Å². The second-order valence-electron chi connectivity index (χ2n) is 6.99. The third-order valence-corrected chi connectivity index (χ3v) is 5.57. The van der Waals surface area contributed by atoms with Gasteiger partial charge >= 0.3 is 5.97 Å². The number of carboxylic acid groups (broad SMARTS) is 1. The Hall–Kier alpha value is -2.43. The average Bonchev–Trinajstić information content (AvgIpc) is 2.94. The highest BCUT2D eigenvalue weighted by molar-refractivity contribution is 5.74. The summed E-state index contributed by atoms with van der Waals surface area (Å²) in [5.74, 6) is -1.33. The Morgan fingerprint density at radius 2 is 2.12 bits per heavy atom. The highest BCUT2D eigenvalue weighted by Crippen LogP contribution is 2.51. The van der Waals surface area contributed by atoms with Gasteiger partial charge in [-0.2, -0.15) is 5.10 Å². The van der Waals surface area contributed by atoms with E-state index in [0.29, 0.717) is 6.42 Å². The van der Waals surface area contributed by atoms with Crippen LogP contribution in [-0.2, 0) is 11.2 Å². The van der Waals surface area contributed by atoms with Crippen molar-refractivity contribution in [3.8, 4) is 5.69 Å². The molecule has 2 atom stereocenters. The van der Waals surface area contributed by atoms with Crippen molar-refractivity contribution in [2.24, 2.45) is 11.3 Å². The van der Waals surface area contributed by atoms with Crippen LogP contribution in [0.3, 0.4) is 0 Å². The molecule has 1 aromatic heterocycles. The molecule has 1 saturated carbocycles. The number of benzene rings is 1. The zero-order valence-corrected chi connectivity index (χ0v) is 13.5. The number of nitrogens with zero attached hydrogens (tertiary/aromatic N) is 2. The molecule has 0 spiro atoms. The second-order valence-corrected chi connectivity index (χ2v) is 6.99. The lowest BCUT2D eigenvalue weighted by Gasteiger charge is -2.43. The van der Waals surface area contributed by atoms with Gasteiger partial charge in [0, 0.05) is 5.41 Å². The number of aromatic nitrogens is 2. The van der Waals surface area contributed by atoms with E-state index in [2.05, 4.69) is 18.1 Å². The number of fused-ring (bicyclic) bond motifs is 2. The van der Waals surface area contributed by atoms with Crippen molar-refractivity contribution < 1.29 is 14.3 Å². The van der Waals surface area contributed by atoms with Crippen molar-refractivity contribution in [3.05, 3.63) is 53.1 Å². The Morgan fingerprint density at radius 1 is 1.38 bits per heavy atom. The molecular weight excluding hydrogens is 307 g/mol. The summed E-state index contributed by atoms with van der Waals surface area (Å²) in [5, 5.41) is 14.1. The van der Waals surface area contributed by atoms with Crippen molar-refractivity contribution >= 4 is 12.0 Å². The predicted octanol–water partition coefficient (Wildman–Crippen LogP) is 3.84. The van der Waals surface area contributed by atoms with E-state index in [9.17, 15) is 14.3 Å². The highest BCUT2D eigenvalue weighted by atomic mass is 19.1. The molecule has 1 N–H and O–H groups in total. The van der Waals surface area contributed by atoms with Crippen molar-refractivity contribution in [1.82, 2.24) is 9.78 Å². The molecule has 0 amide bonds. The Morgan fingerprint density at radius 3 is 2.83 bits per heavy atom. The van der Waals surface area contributed by atoms with Crippen molar-refractivity contribution in [3.63, 3.8) is 0 Å². The first-order chi connectivity index (χ1) is 11.5. The molecule has 2 aromatic rings. The van der Waals surface area contributed by atoms with Crippen LogP contribution in [0.2, 0.25) is 0 Å². The monoisotopic (exact) mass is 326 g/mol. The van der Waals surface area contributed by atoms with Crippen molar-refractivity contribution in [1.29, 1.82) is 0 Å². The van der Waals surface area contributed by atoms with Gasteiger partial charge in [0.05, 0.1) is 23.5 Å². The normalized spacial score (nSPS) is 25.6. The molecule has 5 heteroatoms. The number of aliphatic carboxylic acids is 1. The van der Waals surface area contributed by atoms with E-state index in [-0.39, 0.29) is 17.2 Å². The van der Waals surface area contributed by atoms with Crippen LogP contribution < -0.4 is 0 Å². The molecule has 124 valence electrons. The predicted molar refractivity (Wildman–Crippen MR) is 88.3 cm³/mol. The first-order valence-corrected chi connectivity index (χ1v) is 8.26. The molecule has 0 aliphatic heterocycles. The molecule has 0 bridgehead atoms. The maximum atomic E-state index is 13.2. The standard InChI is InChI=1S/C19H19FN2O2/c1-19-10-12-11-21-22(15-7-5-14(20)6-8-15)17(12)9-13(19)3-2-4-16(19)18(23)24/h5-9,11,16H,2-4,10H2,1H3,(H,23,24). The van der Waals surface area contributed by atoms with Crippen LogP contribution in [0.4, 0.5) is 4.39 Å². The summed E-state index contributed by atoms with van der Waals surface area (Å²) in [5.41, 5.74) is 3.70. The lowest BCUT2D eigenvalue weighted by molar-refractivity contribution is -0.146. The molecule has 0 radical (unpaired) electrons. The average molecular weight is 326 g/mol. The largest absolute Gasteiger partial charge is 0.481 e. The van der Waals surface area contributed by atoms with Crippen LogP contribution >= 0.6 is 0 Å². The topological polar surface area (TPSA) is 55.1 Å². The van der Waals surface area contributed by atoms with Crippen LogP contribution in [0, 0.1) is 17.2 Å². The molecule has 4 rings (SSSR count). The molecule has 1 aromatic carbocycles. The van der Waals surface area contributed by atoms with Gasteiger partial charge in [-0.05, 0) is 61.6 Å². The smallest absolute Gasteiger partial charge is 0.307 e. The first-order valence-electron chi connectivity index (χ1n) is 8.26. The van der Waals surface area contributed by atoms with Gasteiger partial charge in [-0.15, -0.1) is 0 Å². The molecule has 24 heavy (non-hydrogen) atoms. The fourth-order valence-electron chi connectivity index (χ4n) is 4.22.